The van der Waals surface area contributed by atoms with Crippen LogP contribution in [0.2, 0.25) is 0 Å². The predicted molar refractivity (Wildman–Crippen MR) is 72.4 cm³/mol. The van der Waals surface area contributed by atoms with E-state index in [1.165, 1.54) is 12.8 Å². The second-order valence-corrected chi connectivity index (χ2v) is 6.03. The Morgan fingerprint density at radius 2 is 2.16 bits per heavy atom. The van der Waals surface area contributed by atoms with Gasteiger partial charge in [-0.2, -0.15) is 0 Å². The van der Waals surface area contributed by atoms with Gasteiger partial charge in [-0.3, -0.25) is 4.79 Å². The first kappa shape index (κ1) is 12.8. The first-order chi connectivity index (χ1) is 9.24. The molecule has 1 aromatic heterocycles. The van der Waals surface area contributed by atoms with Gasteiger partial charge in [0.05, 0.1) is 13.2 Å². The zero-order valence-corrected chi connectivity index (χ0v) is 11.8. The molecule has 2 aliphatic rings. The van der Waals surface area contributed by atoms with Crippen LogP contribution >= 0.6 is 11.3 Å². The Morgan fingerprint density at radius 3 is 2.84 bits per heavy atom. The van der Waals surface area contributed by atoms with Crippen molar-refractivity contribution in [1.82, 2.24) is 15.1 Å². The summed E-state index contributed by atoms with van der Waals surface area (Å²) in [7, 11) is 0. The number of aromatic nitrogens is 2. The molecule has 3 rings (SSSR count). The summed E-state index contributed by atoms with van der Waals surface area (Å²) in [6, 6.07) is -0.266. The van der Waals surface area contributed by atoms with Crippen molar-refractivity contribution in [3.05, 3.63) is 5.01 Å². The molecule has 2 heterocycles. The highest BCUT2D eigenvalue weighted by atomic mass is 32.1. The van der Waals surface area contributed by atoms with Crippen molar-refractivity contribution in [3.8, 4) is 0 Å². The van der Waals surface area contributed by atoms with Gasteiger partial charge in [0.2, 0.25) is 11.0 Å². The van der Waals surface area contributed by atoms with Crippen molar-refractivity contribution in [2.75, 3.05) is 31.6 Å². The molecule has 19 heavy (non-hydrogen) atoms. The van der Waals surface area contributed by atoms with E-state index in [9.17, 15) is 4.79 Å². The van der Waals surface area contributed by atoms with Crippen LogP contribution in [0.5, 0.6) is 0 Å². The highest BCUT2D eigenvalue weighted by molar-refractivity contribution is 7.15. The van der Waals surface area contributed by atoms with Crippen LogP contribution in [0.15, 0.2) is 0 Å². The van der Waals surface area contributed by atoms with E-state index < -0.39 is 0 Å². The van der Waals surface area contributed by atoms with Crippen molar-refractivity contribution in [1.29, 1.82) is 0 Å². The number of nitrogens with one attached hydrogen (secondary N) is 1. The van der Waals surface area contributed by atoms with Crippen molar-refractivity contribution in [2.45, 2.75) is 31.7 Å². The number of nitrogens with zero attached hydrogens (tertiary/aromatic N) is 3. The number of hydrogen-bond donors (Lipinski definition) is 1. The Hall–Kier alpha value is -1.21. The Bertz CT molecular complexity index is 454. The van der Waals surface area contributed by atoms with Gasteiger partial charge in [-0.05, 0) is 19.8 Å². The molecule has 1 amide bonds. The standard InChI is InChI=1S/C12H18N4O2S/c1-8(11(17)16-4-6-18-7-5-16)13-12-15-14-10(19-12)9-2-3-9/h8-9H,2-7H2,1H3,(H,13,15). The quantitative estimate of drug-likeness (QED) is 0.895. The van der Waals surface area contributed by atoms with Gasteiger partial charge in [0.15, 0.2) is 0 Å². The van der Waals surface area contributed by atoms with Crippen molar-refractivity contribution < 1.29 is 9.53 Å². The van der Waals surface area contributed by atoms with Gasteiger partial charge in [-0.15, -0.1) is 10.2 Å². The molecule has 1 N–H and O–H groups in total. The van der Waals surface area contributed by atoms with E-state index in [1.54, 1.807) is 11.3 Å². The third-order valence-electron chi connectivity index (χ3n) is 3.40. The zero-order valence-electron chi connectivity index (χ0n) is 11.0. The molecule has 1 saturated heterocycles. The van der Waals surface area contributed by atoms with Crippen molar-refractivity contribution in [2.24, 2.45) is 0 Å². The summed E-state index contributed by atoms with van der Waals surface area (Å²) in [6.07, 6.45) is 2.44. The normalized spacial score (nSPS) is 21.2. The van der Waals surface area contributed by atoms with Crippen LogP contribution in [0, 0.1) is 0 Å². The number of rotatable bonds is 4. The lowest BCUT2D eigenvalue weighted by Crippen LogP contribution is -2.46. The molecule has 1 saturated carbocycles. The summed E-state index contributed by atoms with van der Waals surface area (Å²) in [5.74, 6) is 0.713. The minimum Gasteiger partial charge on any atom is -0.378 e. The van der Waals surface area contributed by atoms with Crippen LogP contribution in [0.3, 0.4) is 0 Å². The second-order valence-electron chi connectivity index (χ2n) is 5.02. The number of carbonyl (C=O) groups is 1. The molecule has 1 unspecified atom stereocenters. The number of ether oxygens (including phenoxy) is 1. The summed E-state index contributed by atoms with van der Waals surface area (Å²) in [5, 5.41) is 13.3. The number of anilines is 1. The first-order valence-electron chi connectivity index (χ1n) is 6.70. The molecule has 0 aromatic carbocycles. The maximum atomic E-state index is 12.2. The van der Waals surface area contributed by atoms with Crippen LogP contribution in [0.4, 0.5) is 5.13 Å². The summed E-state index contributed by atoms with van der Waals surface area (Å²) in [6.45, 7) is 4.48. The fourth-order valence-electron chi connectivity index (χ4n) is 2.09. The maximum Gasteiger partial charge on any atom is 0.245 e. The van der Waals surface area contributed by atoms with E-state index in [-0.39, 0.29) is 11.9 Å². The third-order valence-corrected chi connectivity index (χ3v) is 4.42. The molecule has 7 heteroatoms. The molecular formula is C12H18N4O2S. The van der Waals surface area contributed by atoms with Gasteiger partial charge < -0.3 is 15.0 Å². The van der Waals surface area contributed by atoms with Gasteiger partial charge in [0.1, 0.15) is 11.0 Å². The molecular weight excluding hydrogens is 264 g/mol. The fourth-order valence-corrected chi connectivity index (χ4v) is 3.09. The van der Waals surface area contributed by atoms with E-state index >= 15 is 0 Å². The van der Waals surface area contributed by atoms with Gasteiger partial charge in [0, 0.05) is 19.0 Å². The average molecular weight is 282 g/mol. The highest BCUT2D eigenvalue weighted by Gasteiger charge is 2.28. The Kier molecular flexibility index (Phi) is 3.65. The molecule has 0 spiro atoms. The summed E-state index contributed by atoms with van der Waals surface area (Å²) < 4.78 is 5.25. The largest absolute Gasteiger partial charge is 0.378 e. The van der Waals surface area contributed by atoms with Gasteiger partial charge in [-0.25, -0.2) is 0 Å². The smallest absolute Gasteiger partial charge is 0.245 e. The van der Waals surface area contributed by atoms with Crippen molar-refractivity contribution in [3.63, 3.8) is 0 Å². The highest BCUT2D eigenvalue weighted by Crippen LogP contribution is 2.42. The Morgan fingerprint density at radius 1 is 1.42 bits per heavy atom. The van der Waals surface area contributed by atoms with Crippen LogP contribution in [0.1, 0.15) is 30.7 Å². The SMILES string of the molecule is CC(Nc1nnc(C2CC2)s1)C(=O)N1CCOCC1. The lowest BCUT2D eigenvalue weighted by molar-refractivity contribution is -0.135. The topological polar surface area (TPSA) is 67.4 Å². The molecule has 1 atom stereocenters. The van der Waals surface area contributed by atoms with Crippen LogP contribution in [0.25, 0.3) is 0 Å². The summed E-state index contributed by atoms with van der Waals surface area (Å²) in [4.78, 5) is 14.1. The average Bonchev–Trinajstić information content (AvgIpc) is 3.20. The van der Waals surface area contributed by atoms with Crippen LogP contribution in [-0.2, 0) is 9.53 Å². The van der Waals surface area contributed by atoms with E-state index in [4.69, 9.17) is 4.74 Å². The number of hydrogen-bond acceptors (Lipinski definition) is 6. The molecule has 1 aliphatic carbocycles. The van der Waals surface area contributed by atoms with Crippen LogP contribution in [-0.4, -0.2) is 53.3 Å². The lowest BCUT2D eigenvalue weighted by Gasteiger charge is -2.29. The van der Waals surface area contributed by atoms with Gasteiger partial charge in [-0.1, -0.05) is 11.3 Å². The van der Waals surface area contributed by atoms with E-state index in [0.717, 1.165) is 10.1 Å². The molecule has 1 aromatic rings. The van der Waals surface area contributed by atoms with E-state index in [1.807, 2.05) is 11.8 Å². The maximum absolute atomic E-state index is 12.2. The fraction of sp³-hybridized carbons (Fsp3) is 0.750. The van der Waals surface area contributed by atoms with E-state index in [0.29, 0.717) is 32.2 Å². The third kappa shape index (κ3) is 3.03. The Balaban J connectivity index is 1.56. The number of amides is 1. The van der Waals surface area contributed by atoms with E-state index in [2.05, 4.69) is 15.5 Å². The molecule has 0 bridgehead atoms. The van der Waals surface area contributed by atoms with Crippen molar-refractivity contribution >= 4 is 22.4 Å². The molecule has 2 fully saturated rings. The monoisotopic (exact) mass is 282 g/mol. The molecule has 0 radical (unpaired) electrons. The second kappa shape index (κ2) is 5.42. The number of carbonyl (C=O) groups excluding carboxylic acids is 1. The minimum atomic E-state index is -0.266. The minimum absolute atomic E-state index is 0.103. The molecule has 104 valence electrons. The number of morpholine rings is 1. The Labute approximate surface area is 116 Å². The summed E-state index contributed by atoms with van der Waals surface area (Å²) in [5.41, 5.74) is 0. The predicted octanol–water partition coefficient (Wildman–Crippen LogP) is 1.07. The molecule has 1 aliphatic heterocycles. The molecule has 6 nitrogen and oxygen atoms in total. The van der Waals surface area contributed by atoms with Gasteiger partial charge in [0.25, 0.3) is 0 Å². The lowest BCUT2D eigenvalue weighted by atomic mass is 10.2. The van der Waals surface area contributed by atoms with Gasteiger partial charge >= 0.3 is 0 Å². The van der Waals surface area contributed by atoms with Crippen LogP contribution < -0.4 is 5.32 Å². The first-order valence-corrected chi connectivity index (χ1v) is 7.52. The zero-order chi connectivity index (χ0) is 13.2. The summed E-state index contributed by atoms with van der Waals surface area (Å²) >= 11 is 1.57.